The molecule has 4 nitrogen and oxygen atoms in total. The SMILES string of the molecule is O=S(=O)(NCC(F)F)c1ccc(CCCO)cc1. The second kappa shape index (κ2) is 6.77. The summed E-state index contributed by atoms with van der Waals surface area (Å²) in [6, 6.07) is 5.93. The van der Waals surface area contributed by atoms with Crippen molar-refractivity contribution in [1.82, 2.24) is 4.72 Å². The maximum Gasteiger partial charge on any atom is 0.251 e. The van der Waals surface area contributed by atoms with Crippen LogP contribution in [-0.4, -0.2) is 33.1 Å². The quantitative estimate of drug-likeness (QED) is 0.787. The molecule has 0 radical (unpaired) electrons. The number of sulfonamides is 1. The first-order chi connectivity index (χ1) is 8.45. The van der Waals surface area contributed by atoms with Gasteiger partial charge >= 0.3 is 0 Å². The minimum absolute atomic E-state index is 0.0455. The lowest BCUT2D eigenvalue weighted by molar-refractivity contribution is 0.153. The third-order valence-corrected chi connectivity index (χ3v) is 3.72. The maximum atomic E-state index is 11.9. The topological polar surface area (TPSA) is 66.4 Å². The van der Waals surface area contributed by atoms with E-state index in [1.54, 1.807) is 12.1 Å². The predicted molar refractivity (Wildman–Crippen MR) is 63.0 cm³/mol. The molecular weight excluding hydrogens is 264 g/mol. The summed E-state index contributed by atoms with van der Waals surface area (Å²) in [7, 11) is -3.87. The van der Waals surface area contributed by atoms with Crippen LogP contribution in [0.25, 0.3) is 0 Å². The highest BCUT2D eigenvalue weighted by atomic mass is 32.2. The Morgan fingerprint density at radius 2 is 1.83 bits per heavy atom. The van der Waals surface area contributed by atoms with Crippen molar-refractivity contribution in [2.75, 3.05) is 13.2 Å². The summed E-state index contributed by atoms with van der Waals surface area (Å²) >= 11 is 0. The third kappa shape index (κ3) is 4.67. The molecule has 0 aromatic heterocycles. The van der Waals surface area contributed by atoms with Gasteiger partial charge < -0.3 is 5.11 Å². The molecule has 1 aromatic carbocycles. The normalized spacial score (nSPS) is 12.0. The maximum absolute atomic E-state index is 11.9. The van der Waals surface area contributed by atoms with Gasteiger partial charge in [0.1, 0.15) is 0 Å². The molecule has 0 saturated heterocycles. The average Bonchev–Trinajstić information content (AvgIpc) is 2.34. The van der Waals surface area contributed by atoms with E-state index in [1.807, 2.05) is 4.72 Å². The fraction of sp³-hybridized carbons (Fsp3) is 0.455. The Labute approximate surface area is 105 Å². The second-order valence-corrected chi connectivity index (χ2v) is 5.48. The summed E-state index contributed by atoms with van der Waals surface area (Å²) in [6.45, 7) is -0.829. The number of aliphatic hydroxyl groups excluding tert-OH is 1. The van der Waals surface area contributed by atoms with Gasteiger partial charge in [0.2, 0.25) is 10.0 Å². The number of hydrogen-bond donors (Lipinski definition) is 2. The lowest BCUT2D eigenvalue weighted by Gasteiger charge is -2.07. The van der Waals surface area contributed by atoms with Gasteiger partial charge in [-0.05, 0) is 30.5 Å². The Balaban J connectivity index is 2.71. The summed E-state index contributed by atoms with van der Waals surface area (Å²) in [5.41, 5.74) is 0.886. The molecule has 2 N–H and O–H groups in total. The number of benzene rings is 1. The molecule has 0 saturated carbocycles. The van der Waals surface area contributed by atoms with Crippen LogP contribution in [0.4, 0.5) is 8.78 Å². The van der Waals surface area contributed by atoms with Crippen LogP contribution in [0, 0.1) is 0 Å². The van der Waals surface area contributed by atoms with E-state index in [-0.39, 0.29) is 11.5 Å². The van der Waals surface area contributed by atoms with E-state index in [0.717, 1.165) is 5.56 Å². The smallest absolute Gasteiger partial charge is 0.251 e. The third-order valence-electron chi connectivity index (χ3n) is 2.28. The summed E-state index contributed by atoms with van der Waals surface area (Å²) in [6.07, 6.45) is -1.49. The minimum Gasteiger partial charge on any atom is -0.396 e. The van der Waals surface area contributed by atoms with Crippen molar-refractivity contribution in [3.8, 4) is 0 Å². The molecule has 1 aromatic rings. The van der Waals surface area contributed by atoms with Gasteiger partial charge in [0.05, 0.1) is 11.4 Å². The van der Waals surface area contributed by atoms with Crippen LogP contribution >= 0.6 is 0 Å². The Hall–Kier alpha value is -1.05. The zero-order chi connectivity index (χ0) is 13.6. The summed E-state index contributed by atoms with van der Waals surface area (Å²) in [4.78, 5) is -0.0455. The van der Waals surface area contributed by atoms with Crippen molar-refractivity contribution in [3.05, 3.63) is 29.8 Å². The molecule has 0 heterocycles. The molecular formula is C11H15F2NO3S. The van der Waals surface area contributed by atoms with Crippen LogP contribution in [0.5, 0.6) is 0 Å². The Bertz CT molecular complexity index is 460. The van der Waals surface area contributed by atoms with Crippen LogP contribution in [0.2, 0.25) is 0 Å². The van der Waals surface area contributed by atoms with E-state index >= 15 is 0 Å². The first-order valence-electron chi connectivity index (χ1n) is 5.43. The molecule has 0 aliphatic heterocycles. The minimum atomic E-state index is -3.87. The van der Waals surface area contributed by atoms with E-state index in [4.69, 9.17) is 5.11 Å². The largest absolute Gasteiger partial charge is 0.396 e. The molecule has 0 amide bonds. The Kier molecular flexibility index (Phi) is 5.64. The predicted octanol–water partition coefficient (Wildman–Crippen LogP) is 1.15. The van der Waals surface area contributed by atoms with Crippen molar-refractivity contribution in [2.24, 2.45) is 0 Å². The van der Waals surface area contributed by atoms with Crippen LogP contribution in [-0.2, 0) is 16.4 Å². The highest BCUT2D eigenvalue weighted by Crippen LogP contribution is 2.12. The lowest BCUT2D eigenvalue weighted by atomic mass is 10.1. The van der Waals surface area contributed by atoms with E-state index < -0.39 is 23.0 Å². The number of nitrogens with one attached hydrogen (secondary N) is 1. The standard InChI is InChI=1S/C11H15F2NO3S/c12-11(13)8-14-18(16,17)10-5-3-9(4-6-10)2-1-7-15/h3-6,11,14-15H,1-2,7-8H2. The Morgan fingerprint density at radius 1 is 1.22 bits per heavy atom. The van der Waals surface area contributed by atoms with Crippen LogP contribution in [0.15, 0.2) is 29.2 Å². The first-order valence-corrected chi connectivity index (χ1v) is 6.91. The average molecular weight is 279 g/mol. The van der Waals surface area contributed by atoms with E-state index in [9.17, 15) is 17.2 Å². The highest BCUT2D eigenvalue weighted by Gasteiger charge is 2.15. The first kappa shape index (κ1) is 15.0. The van der Waals surface area contributed by atoms with Gasteiger partial charge in [0.25, 0.3) is 6.43 Å². The van der Waals surface area contributed by atoms with Gasteiger partial charge in [-0.3, -0.25) is 0 Å². The second-order valence-electron chi connectivity index (χ2n) is 3.71. The van der Waals surface area contributed by atoms with E-state index in [0.29, 0.717) is 12.8 Å². The number of halogens is 2. The monoisotopic (exact) mass is 279 g/mol. The molecule has 0 aliphatic rings. The number of hydrogen-bond acceptors (Lipinski definition) is 3. The zero-order valence-corrected chi connectivity index (χ0v) is 10.5. The number of alkyl halides is 2. The van der Waals surface area contributed by atoms with Crippen molar-refractivity contribution in [2.45, 2.75) is 24.2 Å². The van der Waals surface area contributed by atoms with Gasteiger partial charge in [-0.15, -0.1) is 0 Å². The van der Waals surface area contributed by atoms with Crippen molar-refractivity contribution in [3.63, 3.8) is 0 Å². The molecule has 18 heavy (non-hydrogen) atoms. The molecule has 0 unspecified atom stereocenters. The fourth-order valence-corrected chi connectivity index (χ4v) is 2.38. The van der Waals surface area contributed by atoms with Crippen LogP contribution < -0.4 is 4.72 Å². The number of rotatable bonds is 7. The molecule has 1 rings (SSSR count). The van der Waals surface area contributed by atoms with Gasteiger partial charge in [0, 0.05) is 6.61 Å². The number of aliphatic hydroxyl groups is 1. The molecule has 7 heteroatoms. The summed E-state index contributed by atoms with van der Waals surface area (Å²) in [5.74, 6) is 0. The lowest BCUT2D eigenvalue weighted by Crippen LogP contribution is -2.28. The fourth-order valence-electron chi connectivity index (χ4n) is 1.37. The molecule has 0 atom stereocenters. The van der Waals surface area contributed by atoms with Crippen molar-refractivity contribution >= 4 is 10.0 Å². The Morgan fingerprint density at radius 3 is 2.33 bits per heavy atom. The number of aryl methyl sites for hydroxylation is 1. The van der Waals surface area contributed by atoms with Gasteiger partial charge in [-0.25, -0.2) is 21.9 Å². The molecule has 0 bridgehead atoms. The molecule has 0 aliphatic carbocycles. The van der Waals surface area contributed by atoms with Crippen LogP contribution in [0.1, 0.15) is 12.0 Å². The van der Waals surface area contributed by atoms with Gasteiger partial charge in [-0.1, -0.05) is 12.1 Å². The van der Waals surface area contributed by atoms with E-state index in [2.05, 4.69) is 0 Å². The molecule has 0 fully saturated rings. The van der Waals surface area contributed by atoms with Crippen molar-refractivity contribution < 1.29 is 22.3 Å². The van der Waals surface area contributed by atoms with Crippen LogP contribution in [0.3, 0.4) is 0 Å². The molecule has 0 spiro atoms. The summed E-state index contributed by atoms with van der Waals surface area (Å²) in [5, 5.41) is 8.66. The summed E-state index contributed by atoms with van der Waals surface area (Å²) < 4.78 is 48.8. The zero-order valence-electron chi connectivity index (χ0n) is 9.64. The van der Waals surface area contributed by atoms with Gasteiger partial charge in [0.15, 0.2) is 0 Å². The highest BCUT2D eigenvalue weighted by molar-refractivity contribution is 7.89. The van der Waals surface area contributed by atoms with E-state index in [1.165, 1.54) is 12.1 Å². The van der Waals surface area contributed by atoms with Crippen molar-refractivity contribution in [1.29, 1.82) is 0 Å². The van der Waals surface area contributed by atoms with Gasteiger partial charge in [-0.2, -0.15) is 0 Å². The molecule has 102 valence electrons.